The normalized spacial score (nSPS) is 20.6. The second-order valence-electron chi connectivity index (χ2n) is 5.43. The molecule has 2 N–H and O–H groups in total. The van der Waals surface area contributed by atoms with Crippen LogP contribution in [-0.4, -0.2) is 36.9 Å². The number of carbonyl (C=O) groups excluding carboxylic acids is 2. The summed E-state index contributed by atoms with van der Waals surface area (Å²) in [6, 6.07) is 7.30. The number of ketones is 1. The van der Waals surface area contributed by atoms with Gasteiger partial charge in [-0.15, -0.1) is 12.4 Å². The highest BCUT2D eigenvalue weighted by atomic mass is 35.5. The predicted molar refractivity (Wildman–Crippen MR) is 87.8 cm³/mol. The molecule has 1 aliphatic rings. The number of piperidine rings is 1. The van der Waals surface area contributed by atoms with Crippen LogP contribution < -0.4 is 15.4 Å². The lowest BCUT2D eigenvalue weighted by molar-refractivity contribution is -0.124. The fraction of sp³-hybridized carbons (Fsp3) is 0.500. The lowest BCUT2D eigenvalue weighted by Gasteiger charge is -2.30. The minimum atomic E-state index is -0.135. The van der Waals surface area contributed by atoms with Gasteiger partial charge in [-0.3, -0.25) is 9.59 Å². The maximum atomic E-state index is 11.9. The van der Waals surface area contributed by atoms with E-state index in [2.05, 4.69) is 17.6 Å². The quantitative estimate of drug-likeness (QED) is 0.812. The van der Waals surface area contributed by atoms with Gasteiger partial charge in [-0.25, -0.2) is 0 Å². The molecule has 5 nitrogen and oxygen atoms in total. The fourth-order valence-electron chi connectivity index (χ4n) is 2.44. The van der Waals surface area contributed by atoms with Gasteiger partial charge in [-0.05, 0) is 45.4 Å². The Balaban J connectivity index is 0.00000242. The number of halogens is 1. The second-order valence-corrected chi connectivity index (χ2v) is 5.43. The maximum absolute atomic E-state index is 11.9. The number of benzene rings is 1. The van der Waals surface area contributed by atoms with Gasteiger partial charge >= 0.3 is 0 Å². The van der Waals surface area contributed by atoms with Crippen molar-refractivity contribution in [2.24, 2.45) is 0 Å². The second kappa shape index (κ2) is 8.76. The van der Waals surface area contributed by atoms with Crippen molar-refractivity contribution in [1.82, 2.24) is 10.6 Å². The van der Waals surface area contributed by atoms with Crippen LogP contribution in [-0.2, 0) is 4.79 Å². The number of ether oxygens (including phenoxy) is 1. The highest BCUT2D eigenvalue weighted by Gasteiger charge is 2.22. The average Bonchev–Trinajstić information content (AvgIpc) is 2.48. The van der Waals surface area contributed by atoms with E-state index >= 15 is 0 Å². The minimum absolute atomic E-state index is 0. The molecule has 122 valence electrons. The van der Waals surface area contributed by atoms with Crippen LogP contribution in [0, 0.1) is 0 Å². The van der Waals surface area contributed by atoms with Crippen molar-refractivity contribution >= 4 is 24.1 Å². The zero-order chi connectivity index (χ0) is 15.2. The van der Waals surface area contributed by atoms with Crippen LogP contribution in [0.25, 0.3) is 0 Å². The zero-order valence-electron chi connectivity index (χ0n) is 12.9. The zero-order valence-corrected chi connectivity index (χ0v) is 13.7. The summed E-state index contributed by atoms with van der Waals surface area (Å²) in [5, 5.41) is 6.32. The Morgan fingerprint density at radius 2 is 2.18 bits per heavy atom. The van der Waals surface area contributed by atoms with Gasteiger partial charge in [0.1, 0.15) is 5.75 Å². The highest BCUT2D eigenvalue weighted by molar-refractivity contribution is 5.94. The number of carbonyl (C=O) groups is 2. The fourth-order valence-corrected chi connectivity index (χ4v) is 2.44. The Hall–Kier alpha value is -1.59. The van der Waals surface area contributed by atoms with Crippen LogP contribution in [0.3, 0.4) is 0 Å². The van der Waals surface area contributed by atoms with Crippen molar-refractivity contribution in [2.75, 3.05) is 13.2 Å². The summed E-state index contributed by atoms with van der Waals surface area (Å²) < 4.78 is 5.45. The van der Waals surface area contributed by atoms with Crippen LogP contribution in [0.2, 0.25) is 0 Å². The first-order chi connectivity index (χ1) is 10.1. The van der Waals surface area contributed by atoms with Crippen LogP contribution in [0.5, 0.6) is 5.75 Å². The monoisotopic (exact) mass is 326 g/mol. The Labute approximate surface area is 137 Å². The molecule has 2 unspecified atom stereocenters. The Morgan fingerprint density at radius 1 is 1.41 bits per heavy atom. The predicted octanol–water partition coefficient (Wildman–Crippen LogP) is 1.95. The molecule has 2 atom stereocenters. The first-order valence-corrected chi connectivity index (χ1v) is 7.33. The van der Waals surface area contributed by atoms with Gasteiger partial charge in [0, 0.05) is 17.6 Å². The summed E-state index contributed by atoms with van der Waals surface area (Å²) in [5.41, 5.74) is 0.581. The summed E-state index contributed by atoms with van der Waals surface area (Å²) in [6.07, 6.45) is 2.05. The molecule has 0 bridgehead atoms. The Morgan fingerprint density at radius 3 is 2.86 bits per heavy atom. The smallest absolute Gasteiger partial charge is 0.258 e. The largest absolute Gasteiger partial charge is 0.484 e. The van der Waals surface area contributed by atoms with E-state index in [1.165, 1.54) is 6.92 Å². The molecule has 1 aliphatic heterocycles. The van der Waals surface area contributed by atoms with E-state index in [9.17, 15) is 9.59 Å². The number of hydrogen-bond acceptors (Lipinski definition) is 4. The molecule has 0 saturated carbocycles. The molecule has 1 fully saturated rings. The Kier molecular flexibility index (Phi) is 7.35. The molecule has 0 aliphatic carbocycles. The van der Waals surface area contributed by atoms with Gasteiger partial charge in [0.25, 0.3) is 5.91 Å². The molecule has 1 heterocycles. The van der Waals surface area contributed by atoms with Crippen molar-refractivity contribution in [3.63, 3.8) is 0 Å². The molecule has 1 amide bonds. The van der Waals surface area contributed by atoms with E-state index in [1.54, 1.807) is 24.3 Å². The summed E-state index contributed by atoms with van der Waals surface area (Å²) >= 11 is 0. The number of nitrogens with one attached hydrogen (secondary N) is 2. The van der Waals surface area contributed by atoms with Crippen molar-refractivity contribution in [3.05, 3.63) is 29.8 Å². The number of hydrogen-bond donors (Lipinski definition) is 2. The minimum Gasteiger partial charge on any atom is -0.484 e. The topological polar surface area (TPSA) is 67.4 Å². The molecule has 22 heavy (non-hydrogen) atoms. The van der Waals surface area contributed by atoms with E-state index < -0.39 is 0 Å². The lowest BCUT2D eigenvalue weighted by atomic mass is 10.00. The standard InChI is InChI=1S/C16H22N2O3.ClH/c1-11-15(7-4-8-17-11)18-16(20)10-21-14-6-3-5-13(9-14)12(2)19;/h3,5-6,9,11,15,17H,4,7-8,10H2,1-2H3,(H,18,20);1H. The van der Waals surface area contributed by atoms with Gasteiger partial charge in [-0.1, -0.05) is 12.1 Å². The summed E-state index contributed by atoms with van der Waals surface area (Å²) in [4.78, 5) is 23.2. The molecule has 1 saturated heterocycles. The number of amides is 1. The van der Waals surface area contributed by atoms with Gasteiger partial charge in [-0.2, -0.15) is 0 Å². The van der Waals surface area contributed by atoms with Crippen molar-refractivity contribution in [1.29, 1.82) is 0 Å². The SMILES string of the molecule is CC(=O)c1cccc(OCC(=O)NC2CCCNC2C)c1.Cl. The van der Waals surface area contributed by atoms with E-state index in [0.717, 1.165) is 19.4 Å². The first-order valence-electron chi connectivity index (χ1n) is 7.33. The molecule has 1 aromatic carbocycles. The van der Waals surface area contributed by atoms with Crippen molar-refractivity contribution in [3.8, 4) is 5.75 Å². The van der Waals surface area contributed by atoms with Gasteiger partial charge in [0.2, 0.25) is 0 Å². The van der Waals surface area contributed by atoms with Gasteiger partial charge < -0.3 is 15.4 Å². The van der Waals surface area contributed by atoms with Crippen LogP contribution in [0.4, 0.5) is 0 Å². The highest BCUT2D eigenvalue weighted by Crippen LogP contribution is 2.14. The summed E-state index contributed by atoms with van der Waals surface area (Å²) in [5.74, 6) is 0.378. The molecule has 0 aromatic heterocycles. The van der Waals surface area contributed by atoms with Crippen LogP contribution in [0.1, 0.15) is 37.0 Å². The molecular weight excluding hydrogens is 304 g/mol. The molecule has 0 radical (unpaired) electrons. The van der Waals surface area contributed by atoms with E-state index in [-0.39, 0.29) is 42.8 Å². The van der Waals surface area contributed by atoms with Gasteiger partial charge in [0.15, 0.2) is 12.4 Å². The Bertz CT molecular complexity index is 522. The molecule has 1 aromatic rings. The third-order valence-corrected chi connectivity index (χ3v) is 3.72. The van der Waals surface area contributed by atoms with Crippen LogP contribution in [0.15, 0.2) is 24.3 Å². The molecular formula is C16H23ClN2O3. The number of rotatable bonds is 5. The van der Waals surface area contributed by atoms with Gasteiger partial charge in [0.05, 0.1) is 0 Å². The van der Waals surface area contributed by atoms with E-state index in [1.807, 2.05) is 0 Å². The van der Waals surface area contributed by atoms with Crippen molar-refractivity contribution in [2.45, 2.75) is 38.8 Å². The maximum Gasteiger partial charge on any atom is 0.258 e. The molecule has 2 rings (SSSR count). The third kappa shape index (κ3) is 5.31. The molecule has 6 heteroatoms. The lowest BCUT2D eigenvalue weighted by Crippen LogP contribution is -2.52. The van der Waals surface area contributed by atoms with E-state index in [0.29, 0.717) is 11.3 Å². The van der Waals surface area contributed by atoms with Crippen LogP contribution >= 0.6 is 12.4 Å². The third-order valence-electron chi connectivity index (χ3n) is 3.72. The average molecular weight is 327 g/mol. The van der Waals surface area contributed by atoms with E-state index in [4.69, 9.17) is 4.74 Å². The summed E-state index contributed by atoms with van der Waals surface area (Å²) in [7, 11) is 0. The number of Topliss-reactive ketones (excluding diaryl/α,β-unsaturated/α-hetero) is 1. The first kappa shape index (κ1) is 18.5. The molecule has 0 spiro atoms. The van der Waals surface area contributed by atoms with Crippen molar-refractivity contribution < 1.29 is 14.3 Å². The summed E-state index contributed by atoms with van der Waals surface area (Å²) in [6.45, 7) is 4.54.